The fourth-order valence-electron chi connectivity index (χ4n) is 3.31. The smallest absolute Gasteiger partial charge is 0.0794 e. The average molecular weight is 254 g/mol. The number of aliphatic hydroxyl groups excluding tert-OH is 1. The highest BCUT2D eigenvalue weighted by molar-refractivity contribution is 5.00. The summed E-state index contributed by atoms with van der Waals surface area (Å²) in [6.45, 7) is 14.6. The molecule has 1 atom stereocenters. The predicted molar refractivity (Wildman–Crippen MR) is 75.8 cm³/mol. The first-order valence-corrected chi connectivity index (χ1v) is 7.46. The van der Waals surface area contributed by atoms with Crippen molar-refractivity contribution in [2.24, 2.45) is 0 Å². The van der Waals surface area contributed by atoms with Gasteiger partial charge in [-0.15, -0.1) is 0 Å². The minimum Gasteiger partial charge on any atom is -0.390 e. The Morgan fingerprint density at radius 3 is 2.11 bits per heavy atom. The molecule has 3 heteroatoms. The molecule has 2 rings (SSSR count). The first-order chi connectivity index (χ1) is 8.26. The van der Waals surface area contributed by atoms with Crippen molar-refractivity contribution in [2.75, 3.05) is 19.6 Å². The van der Waals surface area contributed by atoms with E-state index in [1.165, 1.54) is 25.8 Å². The van der Waals surface area contributed by atoms with Gasteiger partial charge in [-0.3, -0.25) is 9.80 Å². The lowest BCUT2D eigenvalue weighted by atomic mass is 9.81. The fraction of sp³-hybridized carbons (Fsp3) is 1.00. The van der Waals surface area contributed by atoms with Crippen LogP contribution >= 0.6 is 0 Å². The summed E-state index contributed by atoms with van der Waals surface area (Å²) in [4.78, 5) is 5.10. The molecule has 106 valence electrons. The summed E-state index contributed by atoms with van der Waals surface area (Å²) < 4.78 is 0. The molecule has 0 aliphatic carbocycles. The number of rotatable bonds is 5. The summed E-state index contributed by atoms with van der Waals surface area (Å²) in [5.74, 6) is 0. The number of nitrogens with zero attached hydrogens (tertiary/aromatic N) is 2. The second kappa shape index (κ2) is 4.77. The van der Waals surface area contributed by atoms with E-state index in [0.29, 0.717) is 5.54 Å². The van der Waals surface area contributed by atoms with Gasteiger partial charge in [0, 0.05) is 36.8 Å². The van der Waals surface area contributed by atoms with E-state index in [1.54, 1.807) is 0 Å². The average Bonchev–Trinajstić information content (AvgIpc) is 2.19. The first kappa shape index (κ1) is 14.3. The maximum atomic E-state index is 9.45. The molecule has 2 aliphatic rings. The topological polar surface area (TPSA) is 26.7 Å². The Bertz CT molecular complexity index is 295. The molecule has 0 spiro atoms. The Hall–Kier alpha value is -0.120. The lowest BCUT2D eigenvalue weighted by molar-refractivity contribution is -0.0871. The zero-order valence-corrected chi connectivity index (χ0v) is 12.7. The van der Waals surface area contributed by atoms with Gasteiger partial charge in [-0.05, 0) is 47.0 Å². The molecule has 1 unspecified atom stereocenters. The Kier molecular flexibility index (Phi) is 3.79. The SMILES string of the molecule is CCC(C)(C)N1CCC1CC(C)(C)N1CC(O)C1. The van der Waals surface area contributed by atoms with E-state index < -0.39 is 0 Å². The molecule has 2 fully saturated rings. The molecule has 2 heterocycles. The van der Waals surface area contributed by atoms with Crippen LogP contribution in [0.1, 0.15) is 53.9 Å². The van der Waals surface area contributed by atoms with Crippen LogP contribution in [0, 0.1) is 0 Å². The standard InChI is InChI=1S/C15H30N2O/c1-6-14(2,3)17-8-7-12(17)9-15(4,5)16-10-13(18)11-16/h12-13,18H,6-11H2,1-5H3. The minimum absolute atomic E-state index is 0.0890. The van der Waals surface area contributed by atoms with Crippen LogP contribution in [0.25, 0.3) is 0 Å². The number of β-amino-alcohol motifs (C(OH)–C–C–N with tert-alkyl or cyclic N) is 1. The van der Waals surface area contributed by atoms with Crippen molar-refractivity contribution in [1.82, 2.24) is 9.80 Å². The van der Waals surface area contributed by atoms with Gasteiger partial charge in [0.2, 0.25) is 0 Å². The zero-order valence-electron chi connectivity index (χ0n) is 12.7. The summed E-state index contributed by atoms with van der Waals surface area (Å²) in [6.07, 6.45) is 3.69. The van der Waals surface area contributed by atoms with E-state index in [0.717, 1.165) is 19.1 Å². The highest BCUT2D eigenvalue weighted by Gasteiger charge is 2.43. The summed E-state index contributed by atoms with van der Waals surface area (Å²) >= 11 is 0. The highest BCUT2D eigenvalue weighted by atomic mass is 16.3. The van der Waals surface area contributed by atoms with Crippen LogP contribution < -0.4 is 0 Å². The van der Waals surface area contributed by atoms with Crippen molar-refractivity contribution >= 4 is 0 Å². The van der Waals surface area contributed by atoms with E-state index in [4.69, 9.17) is 0 Å². The zero-order chi connectivity index (χ0) is 13.6. The van der Waals surface area contributed by atoms with Crippen molar-refractivity contribution in [2.45, 2.75) is 77.1 Å². The van der Waals surface area contributed by atoms with Crippen LogP contribution in [0.15, 0.2) is 0 Å². The molecule has 0 aromatic rings. The first-order valence-electron chi connectivity index (χ1n) is 7.46. The van der Waals surface area contributed by atoms with Gasteiger partial charge >= 0.3 is 0 Å². The molecule has 0 aromatic heterocycles. The van der Waals surface area contributed by atoms with Crippen LogP contribution in [0.3, 0.4) is 0 Å². The lowest BCUT2D eigenvalue weighted by Crippen LogP contribution is -2.65. The molecule has 2 saturated heterocycles. The Morgan fingerprint density at radius 2 is 1.72 bits per heavy atom. The van der Waals surface area contributed by atoms with Gasteiger partial charge in [0.25, 0.3) is 0 Å². The van der Waals surface area contributed by atoms with E-state index in [9.17, 15) is 5.11 Å². The van der Waals surface area contributed by atoms with Gasteiger partial charge in [0.1, 0.15) is 0 Å². The lowest BCUT2D eigenvalue weighted by Gasteiger charge is -2.56. The van der Waals surface area contributed by atoms with E-state index in [2.05, 4.69) is 44.4 Å². The van der Waals surface area contributed by atoms with Crippen molar-refractivity contribution < 1.29 is 5.11 Å². The molecular weight excluding hydrogens is 224 g/mol. The van der Waals surface area contributed by atoms with E-state index in [-0.39, 0.29) is 11.6 Å². The van der Waals surface area contributed by atoms with E-state index in [1.807, 2.05) is 0 Å². The van der Waals surface area contributed by atoms with Crippen molar-refractivity contribution in [3.05, 3.63) is 0 Å². The minimum atomic E-state index is -0.0890. The molecule has 0 amide bonds. The summed E-state index contributed by atoms with van der Waals surface area (Å²) in [5, 5.41) is 9.45. The third-order valence-corrected chi connectivity index (χ3v) is 5.24. The highest BCUT2D eigenvalue weighted by Crippen LogP contribution is 2.37. The molecular formula is C15H30N2O. The van der Waals surface area contributed by atoms with Gasteiger partial charge in [-0.2, -0.15) is 0 Å². The van der Waals surface area contributed by atoms with Gasteiger partial charge in [0.05, 0.1) is 6.10 Å². The van der Waals surface area contributed by atoms with Crippen LogP contribution in [0.5, 0.6) is 0 Å². The van der Waals surface area contributed by atoms with Crippen LogP contribution in [0.4, 0.5) is 0 Å². The van der Waals surface area contributed by atoms with E-state index >= 15 is 0 Å². The predicted octanol–water partition coefficient (Wildman–Crippen LogP) is 2.09. The van der Waals surface area contributed by atoms with Crippen LogP contribution in [-0.2, 0) is 0 Å². The van der Waals surface area contributed by atoms with Gasteiger partial charge in [0.15, 0.2) is 0 Å². The fourth-order valence-corrected chi connectivity index (χ4v) is 3.31. The third kappa shape index (κ3) is 2.59. The molecule has 18 heavy (non-hydrogen) atoms. The Morgan fingerprint density at radius 1 is 1.11 bits per heavy atom. The number of hydrogen-bond donors (Lipinski definition) is 1. The Balaban J connectivity index is 1.90. The maximum absolute atomic E-state index is 9.45. The third-order valence-electron chi connectivity index (χ3n) is 5.24. The van der Waals surface area contributed by atoms with Crippen molar-refractivity contribution in [1.29, 1.82) is 0 Å². The van der Waals surface area contributed by atoms with Gasteiger partial charge in [-0.25, -0.2) is 0 Å². The molecule has 2 aliphatic heterocycles. The maximum Gasteiger partial charge on any atom is 0.0794 e. The largest absolute Gasteiger partial charge is 0.390 e. The van der Waals surface area contributed by atoms with Crippen LogP contribution in [-0.4, -0.2) is 57.8 Å². The molecule has 1 N–H and O–H groups in total. The number of hydrogen-bond acceptors (Lipinski definition) is 3. The molecule has 0 saturated carbocycles. The van der Waals surface area contributed by atoms with Gasteiger partial charge < -0.3 is 5.11 Å². The molecule has 0 radical (unpaired) electrons. The quantitative estimate of drug-likeness (QED) is 0.814. The number of aliphatic hydroxyl groups is 1. The summed E-state index contributed by atoms with van der Waals surface area (Å²) in [6, 6.07) is 0.729. The molecule has 0 aromatic carbocycles. The number of likely N-dealkylation sites (tertiary alicyclic amines) is 2. The Labute approximate surface area is 112 Å². The summed E-state index contributed by atoms with van der Waals surface area (Å²) in [7, 11) is 0. The second-order valence-electron chi connectivity index (χ2n) is 7.38. The van der Waals surface area contributed by atoms with Crippen molar-refractivity contribution in [3.63, 3.8) is 0 Å². The van der Waals surface area contributed by atoms with Crippen molar-refractivity contribution in [3.8, 4) is 0 Å². The summed E-state index contributed by atoms with van der Waals surface area (Å²) in [5.41, 5.74) is 0.569. The normalized spacial score (nSPS) is 28.0. The van der Waals surface area contributed by atoms with Crippen LogP contribution in [0.2, 0.25) is 0 Å². The monoisotopic (exact) mass is 254 g/mol. The second-order valence-corrected chi connectivity index (χ2v) is 7.38. The van der Waals surface area contributed by atoms with Gasteiger partial charge in [-0.1, -0.05) is 6.92 Å². The molecule has 3 nitrogen and oxygen atoms in total. The molecule has 0 bridgehead atoms.